The van der Waals surface area contributed by atoms with E-state index in [9.17, 15) is 4.21 Å². The molecular weight excluding hydrogens is 176 g/mol. The number of thioether (sulfide) groups is 2. The van der Waals surface area contributed by atoms with Crippen LogP contribution in [0, 0.1) is 0 Å². The number of rotatable bonds is 0. The number of hydrogen-bond acceptors (Lipinski definition) is 3. The van der Waals surface area contributed by atoms with Crippen LogP contribution >= 0.6 is 23.5 Å². The summed E-state index contributed by atoms with van der Waals surface area (Å²) in [5.41, 5.74) is 0. The van der Waals surface area contributed by atoms with Crippen molar-refractivity contribution in [2.75, 3.05) is 5.08 Å². The van der Waals surface area contributed by atoms with E-state index in [0.717, 1.165) is 15.2 Å². The third kappa shape index (κ3) is 0.948. The topological polar surface area (TPSA) is 41.8 Å². The summed E-state index contributed by atoms with van der Waals surface area (Å²) in [6.07, 6.45) is 0. The lowest BCUT2D eigenvalue weighted by Gasteiger charge is -1.76. The lowest BCUT2D eigenvalue weighted by atomic mass is 10.8. The van der Waals surface area contributed by atoms with Crippen molar-refractivity contribution >= 4 is 44.8 Å². The molecule has 3 nitrogen and oxygen atoms in total. The van der Waals surface area contributed by atoms with Gasteiger partial charge >= 0.3 is 0 Å². The van der Waals surface area contributed by atoms with Gasteiger partial charge in [-0.05, 0) is 0 Å². The molecule has 0 aromatic rings. The van der Waals surface area contributed by atoms with Gasteiger partial charge in [-0.2, -0.15) is 8.80 Å². The largest absolute Gasteiger partial charge is 0.267 e. The van der Waals surface area contributed by atoms with Crippen LogP contribution < -0.4 is 0 Å². The van der Waals surface area contributed by atoms with Crippen LogP contribution in [0.3, 0.4) is 0 Å². The van der Waals surface area contributed by atoms with E-state index in [1.54, 1.807) is 23.5 Å². The first-order valence-electron chi connectivity index (χ1n) is 2.21. The smallest absolute Gasteiger partial charge is 0.209 e. The van der Waals surface area contributed by atoms with Gasteiger partial charge < -0.3 is 0 Å². The van der Waals surface area contributed by atoms with Crippen LogP contribution in [0.4, 0.5) is 0 Å². The van der Waals surface area contributed by atoms with Crippen LogP contribution in [0.15, 0.2) is 8.80 Å². The molecule has 0 amide bonds. The number of fused-ring (bicyclic) bond motifs is 1. The molecule has 0 saturated carbocycles. The molecule has 0 spiro atoms. The zero-order valence-corrected chi connectivity index (χ0v) is 6.68. The zero-order valence-electron chi connectivity index (χ0n) is 4.23. The van der Waals surface area contributed by atoms with Crippen molar-refractivity contribution in [2.45, 2.75) is 0 Å². The summed E-state index contributed by atoms with van der Waals surface area (Å²) in [5, 5.41) is 2.69. The maximum Gasteiger partial charge on any atom is 0.267 e. The fraction of sp³-hybridized carbons (Fsp3) is 0.333. The summed E-state index contributed by atoms with van der Waals surface area (Å²) >= 11 is 1.91. The van der Waals surface area contributed by atoms with E-state index in [0.29, 0.717) is 0 Å². The monoisotopic (exact) mass is 178 g/mol. The Bertz CT molecular complexity index is 211. The Morgan fingerprint density at radius 1 is 1.33 bits per heavy atom. The highest BCUT2D eigenvalue weighted by Gasteiger charge is 2.25. The highest BCUT2D eigenvalue weighted by Crippen LogP contribution is 2.31. The SMILES string of the molecule is O=S1N=C2SCSC2=N1. The molecule has 48 valence electrons. The third-order valence-electron chi connectivity index (χ3n) is 0.896. The van der Waals surface area contributed by atoms with Crippen molar-refractivity contribution in [1.29, 1.82) is 0 Å². The van der Waals surface area contributed by atoms with Crippen LogP contribution in [0.2, 0.25) is 0 Å². The third-order valence-corrected chi connectivity index (χ3v) is 3.99. The molecule has 0 atom stereocenters. The first-order valence-corrected chi connectivity index (χ1v) is 5.25. The van der Waals surface area contributed by atoms with E-state index < -0.39 is 11.2 Å². The molecule has 2 aliphatic rings. The molecule has 0 bridgehead atoms. The number of hydrogen-bond donors (Lipinski definition) is 0. The first kappa shape index (κ1) is 5.94. The Balaban J connectivity index is 2.44. The van der Waals surface area contributed by atoms with Crippen LogP contribution in [0.25, 0.3) is 0 Å². The van der Waals surface area contributed by atoms with Crippen molar-refractivity contribution in [3.8, 4) is 0 Å². The molecule has 0 unspecified atom stereocenters. The second-order valence-corrected chi connectivity index (χ2v) is 4.55. The van der Waals surface area contributed by atoms with Gasteiger partial charge in [0.25, 0.3) is 11.2 Å². The summed E-state index contributed by atoms with van der Waals surface area (Å²) in [5.74, 6) is 0. The standard InChI is InChI=1S/C3H2N2OS3/c6-9-4-2-3(5-9)8-1-7-2/h1H2. The van der Waals surface area contributed by atoms with E-state index in [1.165, 1.54) is 0 Å². The summed E-state index contributed by atoms with van der Waals surface area (Å²) < 4.78 is 18.1. The first-order chi connectivity index (χ1) is 4.36. The summed E-state index contributed by atoms with van der Waals surface area (Å²) in [6, 6.07) is 0. The van der Waals surface area contributed by atoms with Crippen molar-refractivity contribution in [3.63, 3.8) is 0 Å². The van der Waals surface area contributed by atoms with E-state index in [-0.39, 0.29) is 0 Å². The van der Waals surface area contributed by atoms with Crippen molar-refractivity contribution in [1.82, 2.24) is 0 Å². The molecule has 2 aliphatic heterocycles. The Hall–Kier alpha value is 0.190. The second-order valence-electron chi connectivity index (χ2n) is 1.43. The molecule has 1 saturated heterocycles. The maximum atomic E-state index is 10.6. The Kier molecular flexibility index (Phi) is 1.39. The Morgan fingerprint density at radius 3 is 2.44 bits per heavy atom. The van der Waals surface area contributed by atoms with Gasteiger partial charge in [0.2, 0.25) is 0 Å². The normalized spacial score (nSPS) is 25.8. The molecule has 0 aliphatic carbocycles. The van der Waals surface area contributed by atoms with Gasteiger partial charge in [-0.1, -0.05) is 23.5 Å². The molecule has 6 heteroatoms. The Labute approximate surface area is 63.1 Å². The van der Waals surface area contributed by atoms with Crippen LogP contribution in [-0.2, 0) is 11.2 Å². The van der Waals surface area contributed by atoms with Gasteiger partial charge in [0.15, 0.2) is 0 Å². The van der Waals surface area contributed by atoms with Crippen LogP contribution in [0.1, 0.15) is 0 Å². The lowest BCUT2D eigenvalue weighted by molar-refractivity contribution is 0.686. The minimum atomic E-state index is -1.30. The van der Waals surface area contributed by atoms with Crippen LogP contribution in [0.5, 0.6) is 0 Å². The van der Waals surface area contributed by atoms with Crippen LogP contribution in [-0.4, -0.2) is 19.4 Å². The predicted octanol–water partition coefficient (Wildman–Crippen LogP) is 0.813. The molecule has 9 heavy (non-hydrogen) atoms. The van der Waals surface area contributed by atoms with Gasteiger partial charge in [-0.25, -0.2) is 4.21 Å². The molecule has 2 rings (SSSR count). The average Bonchev–Trinajstić information content (AvgIpc) is 2.22. The summed E-state index contributed by atoms with van der Waals surface area (Å²) in [4.78, 5) is 0. The number of nitrogens with zero attached hydrogens (tertiary/aromatic N) is 2. The predicted molar refractivity (Wildman–Crippen MR) is 43.1 cm³/mol. The molecule has 0 radical (unpaired) electrons. The molecule has 0 aromatic heterocycles. The molecule has 1 fully saturated rings. The van der Waals surface area contributed by atoms with Crippen molar-refractivity contribution in [2.24, 2.45) is 8.80 Å². The minimum absolute atomic E-state index is 0.860. The lowest BCUT2D eigenvalue weighted by Crippen LogP contribution is -1.91. The van der Waals surface area contributed by atoms with Gasteiger partial charge in [0.1, 0.15) is 10.1 Å². The Morgan fingerprint density at radius 2 is 1.89 bits per heavy atom. The minimum Gasteiger partial charge on any atom is -0.209 e. The van der Waals surface area contributed by atoms with Gasteiger partial charge in [0, 0.05) is 0 Å². The molecule has 0 N–H and O–H groups in total. The summed E-state index contributed by atoms with van der Waals surface area (Å²) in [6.45, 7) is 0. The van der Waals surface area contributed by atoms with Gasteiger partial charge in [-0.3, -0.25) is 0 Å². The highest BCUT2D eigenvalue weighted by molar-refractivity contribution is 8.39. The average molecular weight is 178 g/mol. The molecule has 0 aromatic carbocycles. The zero-order chi connectivity index (χ0) is 6.27. The fourth-order valence-corrected chi connectivity index (χ4v) is 3.80. The van der Waals surface area contributed by atoms with E-state index in [2.05, 4.69) is 8.80 Å². The van der Waals surface area contributed by atoms with E-state index in [4.69, 9.17) is 0 Å². The van der Waals surface area contributed by atoms with E-state index >= 15 is 0 Å². The fourth-order valence-electron chi connectivity index (χ4n) is 0.558. The van der Waals surface area contributed by atoms with Gasteiger partial charge in [-0.15, -0.1) is 0 Å². The van der Waals surface area contributed by atoms with Crippen molar-refractivity contribution in [3.05, 3.63) is 0 Å². The maximum absolute atomic E-state index is 10.6. The highest BCUT2D eigenvalue weighted by atomic mass is 32.2. The summed E-state index contributed by atoms with van der Waals surface area (Å²) in [7, 11) is 0. The quantitative estimate of drug-likeness (QED) is 0.551. The van der Waals surface area contributed by atoms with Gasteiger partial charge in [0.05, 0.1) is 5.08 Å². The second kappa shape index (κ2) is 2.10. The molecule has 2 heterocycles. The van der Waals surface area contributed by atoms with E-state index in [1.807, 2.05) is 0 Å². The van der Waals surface area contributed by atoms with Crippen molar-refractivity contribution < 1.29 is 4.21 Å². The molecular formula is C3H2N2OS3.